The van der Waals surface area contributed by atoms with Crippen molar-refractivity contribution in [3.05, 3.63) is 5.82 Å². The van der Waals surface area contributed by atoms with Gasteiger partial charge in [0.2, 0.25) is 5.91 Å². The SMILES string of the molecule is O=C(Cc1nn[nH]n1)NCC(O)O. The monoisotopic (exact) mass is 187 g/mol. The number of nitrogens with zero attached hydrogens (tertiary/aromatic N) is 3. The van der Waals surface area contributed by atoms with Gasteiger partial charge in [-0.05, 0) is 0 Å². The first kappa shape index (κ1) is 9.55. The van der Waals surface area contributed by atoms with E-state index in [0.717, 1.165) is 0 Å². The molecule has 1 heterocycles. The topological polar surface area (TPSA) is 124 Å². The van der Waals surface area contributed by atoms with E-state index < -0.39 is 12.2 Å². The summed E-state index contributed by atoms with van der Waals surface area (Å²) in [5, 5.41) is 31.6. The number of carbonyl (C=O) groups excluding carboxylic acids is 1. The van der Waals surface area contributed by atoms with Crippen LogP contribution in [0.25, 0.3) is 0 Å². The van der Waals surface area contributed by atoms with E-state index >= 15 is 0 Å². The van der Waals surface area contributed by atoms with Crippen molar-refractivity contribution in [2.24, 2.45) is 0 Å². The average molecular weight is 187 g/mol. The van der Waals surface area contributed by atoms with Crippen LogP contribution in [0.4, 0.5) is 0 Å². The number of hydrogen-bond acceptors (Lipinski definition) is 6. The first-order chi connectivity index (χ1) is 6.18. The third-order valence-electron chi connectivity index (χ3n) is 1.19. The van der Waals surface area contributed by atoms with E-state index in [1.165, 1.54) is 0 Å². The molecule has 8 heteroatoms. The van der Waals surface area contributed by atoms with Crippen LogP contribution in [0.5, 0.6) is 0 Å². The third-order valence-corrected chi connectivity index (χ3v) is 1.19. The Hall–Kier alpha value is -1.54. The maximum Gasteiger partial charge on any atom is 0.227 e. The minimum absolute atomic E-state index is 0.0385. The molecule has 0 aliphatic heterocycles. The highest BCUT2D eigenvalue weighted by atomic mass is 16.5. The Labute approximate surface area is 73.0 Å². The van der Waals surface area contributed by atoms with E-state index in [0.29, 0.717) is 0 Å². The van der Waals surface area contributed by atoms with Crippen molar-refractivity contribution in [3.8, 4) is 0 Å². The van der Waals surface area contributed by atoms with Crippen molar-refractivity contribution < 1.29 is 15.0 Å². The molecule has 0 saturated carbocycles. The lowest BCUT2D eigenvalue weighted by atomic mass is 10.4. The zero-order chi connectivity index (χ0) is 9.68. The number of aliphatic hydroxyl groups excluding tert-OH is 1. The molecule has 0 unspecified atom stereocenters. The molecule has 1 aromatic heterocycles. The van der Waals surface area contributed by atoms with Crippen molar-refractivity contribution in [1.82, 2.24) is 25.9 Å². The quantitative estimate of drug-likeness (QED) is 0.376. The maximum atomic E-state index is 11.0. The van der Waals surface area contributed by atoms with E-state index in [4.69, 9.17) is 10.2 Å². The summed E-state index contributed by atoms with van der Waals surface area (Å²) in [5.41, 5.74) is 0. The fourth-order valence-electron chi connectivity index (χ4n) is 0.669. The number of carbonyl (C=O) groups is 1. The Morgan fingerprint density at radius 2 is 2.38 bits per heavy atom. The molecule has 72 valence electrons. The van der Waals surface area contributed by atoms with Gasteiger partial charge in [0.1, 0.15) is 0 Å². The Morgan fingerprint density at radius 3 is 2.92 bits per heavy atom. The number of tetrazole rings is 1. The molecular weight excluding hydrogens is 178 g/mol. The van der Waals surface area contributed by atoms with Gasteiger partial charge in [-0.1, -0.05) is 5.21 Å². The van der Waals surface area contributed by atoms with Crippen LogP contribution in [-0.2, 0) is 11.2 Å². The molecule has 0 aliphatic carbocycles. The van der Waals surface area contributed by atoms with Gasteiger partial charge in [-0.3, -0.25) is 4.79 Å². The van der Waals surface area contributed by atoms with Crippen LogP contribution in [0.1, 0.15) is 5.82 Å². The lowest BCUT2D eigenvalue weighted by molar-refractivity contribution is -0.122. The minimum Gasteiger partial charge on any atom is -0.367 e. The molecule has 1 rings (SSSR count). The summed E-state index contributed by atoms with van der Waals surface area (Å²) in [6.45, 7) is -0.212. The van der Waals surface area contributed by atoms with E-state index in [-0.39, 0.29) is 18.8 Å². The smallest absolute Gasteiger partial charge is 0.227 e. The summed E-state index contributed by atoms with van der Waals surface area (Å²) in [6, 6.07) is 0. The summed E-state index contributed by atoms with van der Waals surface area (Å²) in [6.07, 6.45) is -1.59. The molecule has 8 nitrogen and oxygen atoms in total. The first-order valence-corrected chi connectivity index (χ1v) is 3.53. The Morgan fingerprint density at radius 1 is 1.62 bits per heavy atom. The molecule has 1 aromatic rings. The fourth-order valence-corrected chi connectivity index (χ4v) is 0.669. The molecule has 13 heavy (non-hydrogen) atoms. The Balaban J connectivity index is 2.26. The van der Waals surface area contributed by atoms with Crippen LogP contribution in [0.15, 0.2) is 0 Å². The van der Waals surface area contributed by atoms with Gasteiger partial charge in [0, 0.05) is 0 Å². The van der Waals surface area contributed by atoms with Crippen molar-refractivity contribution in [2.45, 2.75) is 12.7 Å². The highest BCUT2D eigenvalue weighted by Crippen LogP contribution is 1.85. The van der Waals surface area contributed by atoms with Gasteiger partial charge in [0.05, 0.1) is 13.0 Å². The van der Waals surface area contributed by atoms with Crippen molar-refractivity contribution in [1.29, 1.82) is 0 Å². The number of H-pyrrole nitrogens is 1. The molecule has 1 amide bonds. The van der Waals surface area contributed by atoms with Gasteiger partial charge < -0.3 is 15.5 Å². The molecular formula is C5H9N5O3. The lowest BCUT2D eigenvalue weighted by Crippen LogP contribution is -2.33. The molecule has 0 fully saturated rings. The van der Waals surface area contributed by atoms with Crippen molar-refractivity contribution >= 4 is 5.91 Å². The fraction of sp³-hybridized carbons (Fsp3) is 0.600. The number of rotatable bonds is 4. The van der Waals surface area contributed by atoms with Crippen LogP contribution in [0.3, 0.4) is 0 Å². The maximum absolute atomic E-state index is 11.0. The molecule has 0 spiro atoms. The second kappa shape index (κ2) is 4.48. The first-order valence-electron chi connectivity index (χ1n) is 3.53. The minimum atomic E-state index is -1.55. The van der Waals surface area contributed by atoms with Crippen LogP contribution in [0.2, 0.25) is 0 Å². The standard InChI is InChI=1S/C5H9N5O3/c11-4(6-2-5(12)13)1-3-7-9-10-8-3/h5,12-13H,1-2H2,(H,6,11)(H,7,8,9,10). The van der Waals surface area contributed by atoms with Crippen LogP contribution < -0.4 is 5.32 Å². The van der Waals surface area contributed by atoms with E-state index in [1.54, 1.807) is 0 Å². The van der Waals surface area contributed by atoms with Gasteiger partial charge in [-0.15, -0.1) is 10.2 Å². The number of aromatic amines is 1. The van der Waals surface area contributed by atoms with Gasteiger partial charge >= 0.3 is 0 Å². The summed E-state index contributed by atoms with van der Waals surface area (Å²) in [4.78, 5) is 11.0. The van der Waals surface area contributed by atoms with Gasteiger partial charge in [0.15, 0.2) is 12.1 Å². The average Bonchev–Trinajstić information content (AvgIpc) is 2.53. The summed E-state index contributed by atoms with van der Waals surface area (Å²) in [7, 11) is 0. The molecule has 0 atom stereocenters. The van der Waals surface area contributed by atoms with Gasteiger partial charge in [-0.25, -0.2) is 0 Å². The highest BCUT2D eigenvalue weighted by Gasteiger charge is 2.07. The normalized spacial score (nSPS) is 10.4. The molecule has 0 aromatic carbocycles. The third kappa shape index (κ3) is 3.58. The second-order valence-electron chi connectivity index (χ2n) is 2.29. The number of nitrogens with one attached hydrogen (secondary N) is 2. The summed E-state index contributed by atoms with van der Waals surface area (Å²) in [5.74, 6) is -0.139. The lowest BCUT2D eigenvalue weighted by Gasteiger charge is -2.03. The van der Waals surface area contributed by atoms with Crippen LogP contribution in [-0.4, -0.2) is 49.6 Å². The van der Waals surface area contributed by atoms with Crippen molar-refractivity contribution in [2.75, 3.05) is 6.54 Å². The molecule has 0 saturated heterocycles. The van der Waals surface area contributed by atoms with Gasteiger partial charge in [0.25, 0.3) is 0 Å². The zero-order valence-corrected chi connectivity index (χ0v) is 6.64. The Bertz CT molecular complexity index is 259. The summed E-state index contributed by atoms with van der Waals surface area (Å²) >= 11 is 0. The van der Waals surface area contributed by atoms with Crippen molar-refractivity contribution in [3.63, 3.8) is 0 Å². The van der Waals surface area contributed by atoms with E-state index in [2.05, 4.69) is 25.9 Å². The second-order valence-corrected chi connectivity index (χ2v) is 2.29. The molecule has 0 aliphatic rings. The number of aliphatic hydroxyl groups is 2. The zero-order valence-electron chi connectivity index (χ0n) is 6.64. The summed E-state index contributed by atoms with van der Waals surface area (Å²) < 4.78 is 0. The molecule has 0 bridgehead atoms. The van der Waals surface area contributed by atoms with E-state index in [9.17, 15) is 4.79 Å². The number of hydrogen-bond donors (Lipinski definition) is 4. The highest BCUT2D eigenvalue weighted by molar-refractivity contribution is 5.77. The van der Waals surface area contributed by atoms with Crippen LogP contribution >= 0.6 is 0 Å². The number of amides is 1. The largest absolute Gasteiger partial charge is 0.367 e. The molecule has 4 N–H and O–H groups in total. The van der Waals surface area contributed by atoms with Crippen LogP contribution in [0, 0.1) is 0 Å². The molecule has 0 radical (unpaired) electrons. The Kier molecular flexibility index (Phi) is 3.29. The predicted molar refractivity (Wildman–Crippen MR) is 39.1 cm³/mol. The number of aromatic nitrogens is 4. The predicted octanol–water partition coefficient (Wildman–Crippen LogP) is -2.83. The van der Waals surface area contributed by atoms with Gasteiger partial charge in [-0.2, -0.15) is 5.21 Å². The van der Waals surface area contributed by atoms with E-state index in [1.807, 2.05) is 0 Å².